The number of aromatic nitrogens is 1. The molecule has 47 heavy (non-hydrogen) atoms. The zero-order valence-electron chi connectivity index (χ0n) is 26.6. The molecule has 0 bridgehead atoms. The number of rotatable bonds is 7. The number of ketones is 1. The molecule has 7 nitrogen and oxygen atoms in total. The highest BCUT2D eigenvalue weighted by molar-refractivity contribution is 6.29. The van der Waals surface area contributed by atoms with Gasteiger partial charge in [-0.2, -0.15) is 0 Å². The monoisotopic (exact) mass is 622 g/mol. The van der Waals surface area contributed by atoms with E-state index in [2.05, 4.69) is 38.2 Å². The fourth-order valence-corrected chi connectivity index (χ4v) is 6.14. The molecule has 7 heteroatoms. The van der Waals surface area contributed by atoms with Crippen LogP contribution in [0, 0.1) is 6.92 Å². The number of hydrogen-bond donors (Lipinski definition) is 4. The normalized spacial score (nSPS) is 12.2. The van der Waals surface area contributed by atoms with Crippen molar-refractivity contribution in [1.82, 2.24) is 4.98 Å². The van der Waals surface area contributed by atoms with Gasteiger partial charge in [0.05, 0.1) is 22.5 Å². The van der Waals surface area contributed by atoms with E-state index in [0.29, 0.717) is 50.3 Å². The van der Waals surface area contributed by atoms with Gasteiger partial charge in [-0.3, -0.25) is 4.79 Å². The molecule has 1 heterocycles. The number of hydrogen-bond acceptors (Lipinski definition) is 7. The summed E-state index contributed by atoms with van der Waals surface area (Å²) in [5.74, 6) is -0.143. The first kappa shape index (κ1) is 29.9. The van der Waals surface area contributed by atoms with Crippen LogP contribution in [0.3, 0.4) is 0 Å². The van der Waals surface area contributed by atoms with E-state index in [4.69, 9.17) is 9.72 Å². The molecule has 1 aromatic heterocycles. The maximum absolute atomic E-state index is 14.3. The lowest BCUT2D eigenvalue weighted by atomic mass is 9.82. The number of carbonyl (C=O) groups is 1. The second kappa shape index (κ2) is 11.2. The van der Waals surface area contributed by atoms with Gasteiger partial charge < -0.3 is 25.4 Å². The summed E-state index contributed by atoms with van der Waals surface area (Å²) in [6.07, 6.45) is 0.981. The van der Waals surface area contributed by atoms with Crippen molar-refractivity contribution in [2.45, 2.75) is 39.5 Å². The number of pyridine rings is 1. The van der Waals surface area contributed by atoms with Gasteiger partial charge >= 0.3 is 0 Å². The number of benzene rings is 5. The van der Waals surface area contributed by atoms with Gasteiger partial charge in [-0.1, -0.05) is 74.9 Å². The summed E-state index contributed by atoms with van der Waals surface area (Å²) < 4.78 is 6.58. The predicted octanol–water partition coefficient (Wildman–Crippen LogP) is 9.76. The van der Waals surface area contributed by atoms with Crippen LogP contribution in [0.5, 0.6) is 28.7 Å². The van der Waals surface area contributed by atoms with Crippen molar-refractivity contribution >= 4 is 28.1 Å². The Morgan fingerprint density at radius 2 is 1.45 bits per heavy atom. The van der Waals surface area contributed by atoms with Crippen molar-refractivity contribution in [2.24, 2.45) is 0 Å². The first-order valence-corrected chi connectivity index (χ1v) is 15.6. The van der Waals surface area contributed by atoms with E-state index in [1.807, 2.05) is 61.5 Å². The lowest BCUT2D eigenvalue weighted by Crippen LogP contribution is -2.15. The molecule has 7 rings (SSSR count). The molecule has 0 saturated carbocycles. The lowest BCUT2D eigenvalue weighted by molar-refractivity contribution is 0.104. The zero-order valence-corrected chi connectivity index (χ0v) is 26.6. The average molecular weight is 623 g/mol. The molecule has 0 radical (unpaired) electrons. The largest absolute Gasteiger partial charge is 0.508 e. The Hall–Kier alpha value is -5.82. The van der Waals surface area contributed by atoms with Crippen molar-refractivity contribution in [3.05, 3.63) is 119 Å². The molecule has 1 aliphatic rings. The fourth-order valence-electron chi connectivity index (χ4n) is 6.14. The molecule has 0 fully saturated rings. The third-order valence-electron chi connectivity index (χ3n) is 9.15. The number of anilines is 2. The van der Waals surface area contributed by atoms with Gasteiger partial charge in [-0.05, 0) is 65.8 Å². The Kier molecular flexibility index (Phi) is 7.12. The lowest BCUT2D eigenvalue weighted by Gasteiger charge is -2.25. The maximum atomic E-state index is 14.3. The summed E-state index contributed by atoms with van der Waals surface area (Å²) in [6, 6.07) is 29.1. The minimum Gasteiger partial charge on any atom is -0.508 e. The summed E-state index contributed by atoms with van der Waals surface area (Å²) in [4.78, 5) is 19.2. The van der Waals surface area contributed by atoms with Crippen LogP contribution >= 0.6 is 0 Å². The minimum atomic E-state index is -0.337. The highest BCUT2D eigenvalue weighted by atomic mass is 16.5. The number of aromatic hydroxyl groups is 3. The third-order valence-corrected chi connectivity index (χ3v) is 9.15. The molecule has 0 unspecified atom stereocenters. The third kappa shape index (κ3) is 5.20. The number of ether oxygens (including phenoxy) is 1. The average Bonchev–Trinajstić information content (AvgIpc) is 3.05. The van der Waals surface area contributed by atoms with Crippen LogP contribution in [-0.2, 0) is 5.41 Å². The fraction of sp³-hybridized carbons (Fsp3) is 0.150. The van der Waals surface area contributed by atoms with Crippen molar-refractivity contribution in [3.8, 4) is 51.1 Å². The number of phenolic OH excluding ortho intramolecular Hbond substituents is 3. The summed E-state index contributed by atoms with van der Waals surface area (Å²) in [6.45, 7) is 8.58. The van der Waals surface area contributed by atoms with Gasteiger partial charge in [0.2, 0.25) is 0 Å². The molecule has 0 aliphatic heterocycles. The topological polar surface area (TPSA) is 112 Å². The SMILES string of the molecule is CCC(C)(C)c1ccc(Oc2cc(Nc3ccc(C)cc3)c3c4c(cc(-c5c(O)cc(O)cc5O)nc24)-c2ccccc2C3=O)cc1. The smallest absolute Gasteiger partial charge is 0.196 e. The standard InChI is InChI=1S/C40H34N2O5/c1-5-40(3,4)23-12-16-26(17-13-23)47-34-21-31(41-24-14-10-22(2)11-15-24)37-35-29(27-8-6-7-9-28(27)39(37)46)20-30(42-38(34)35)36-32(44)18-25(43)19-33(36)45/h6-21,41,43-45H,5H2,1-4H3. The van der Waals surface area contributed by atoms with E-state index in [1.165, 1.54) is 5.56 Å². The first-order chi connectivity index (χ1) is 22.5. The Balaban J connectivity index is 1.52. The van der Waals surface area contributed by atoms with Crippen LogP contribution < -0.4 is 10.1 Å². The highest BCUT2D eigenvalue weighted by Crippen LogP contribution is 2.49. The molecule has 5 aromatic carbocycles. The summed E-state index contributed by atoms with van der Waals surface area (Å²) >= 11 is 0. The van der Waals surface area contributed by atoms with E-state index in [1.54, 1.807) is 18.2 Å². The summed E-state index contributed by atoms with van der Waals surface area (Å²) in [7, 11) is 0. The second-order valence-corrected chi connectivity index (χ2v) is 12.7. The van der Waals surface area contributed by atoms with E-state index < -0.39 is 0 Å². The van der Waals surface area contributed by atoms with Crippen molar-refractivity contribution in [1.29, 1.82) is 0 Å². The number of carbonyl (C=O) groups excluding carboxylic acids is 1. The van der Waals surface area contributed by atoms with Crippen molar-refractivity contribution in [2.75, 3.05) is 5.32 Å². The van der Waals surface area contributed by atoms with E-state index >= 15 is 0 Å². The first-order valence-electron chi connectivity index (χ1n) is 15.6. The van der Waals surface area contributed by atoms with E-state index in [9.17, 15) is 20.1 Å². The number of nitrogens with one attached hydrogen (secondary N) is 1. The molecule has 6 aromatic rings. The number of aryl methyl sites for hydroxylation is 1. The van der Waals surface area contributed by atoms with Crippen LogP contribution in [0.15, 0.2) is 97.1 Å². The Morgan fingerprint density at radius 3 is 2.11 bits per heavy atom. The molecular formula is C40H34N2O5. The molecule has 234 valence electrons. The van der Waals surface area contributed by atoms with E-state index in [0.717, 1.165) is 29.8 Å². The predicted molar refractivity (Wildman–Crippen MR) is 185 cm³/mol. The number of fused-ring (bicyclic) bond motifs is 2. The molecular weight excluding hydrogens is 588 g/mol. The van der Waals surface area contributed by atoms with Gasteiger partial charge in [0.15, 0.2) is 11.5 Å². The Morgan fingerprint density at radius 1 is 0.787 bits per heavy atom. The zero-order chi connectivity index (χ0) is 33.0. The number of phenols is 3. The van der Waals surface area contributed by atoms with Gasteiger partial charge in [-0.25, -0.2) is 4.98 Å². The molecule has 1 aliphatic carbocycles. The Bertz CT molecular complexity index is 2180. The van der Waals surface area contributed by atoms with E-state index in [-0.39, 0.29) is 39.7 Å². The molecule has 0 saturated heterocycles. The van der Waals surface area contributed by atoms with Crippen LogP contribution in [0.25, 0.3) is 33.3 Å². The van der Waals surface area contributed by atoms with Gasteiger partial charge in [-0.15, -0.1) is 0 Å². The quantitative estimate of drug-likeness (QED) is 0.140. The summed E-state index contributed by atoms with van der Waals surface area (Å²) in [5, 5.41) is 35.8. The van der Waals surface area contributed by atoms with Crippen molar-refractivity contribution in [3.63, 3.8) is 0 Å². The van der Waals surface area contributed by atoms with Crippen LogP contribution in [0.4, 0.5) is 11.4 Å². The minimum absolute atomic E-state index is 0.00222. The molecule has 4 N–H and O–H groups in total. The molecule has 0 atom stereocenters. The van der Waals surface area contributed by atoms with Crippen LogP contribution in [0.1, 0.15) is 54.2 Å². The molecule has 0 spiro atoms. The Labute approximate surface area is 272 Å². The maximum Gasteiger partial charge on any atom is 0.196 e. The van der Waals surface area contributed by atoms with Crippen molar-refractivity contribution < 1.29 is 24.9 Å². The summed E-state index contributed by atoms with van der Waals surface area (Å²) in [5.41, 5.74) is 6.71. The van der Waals surface area contributed by atoms with Gasteiger partial charge in [0.25, 0.3) is 0 Å². The van der Waals surface area contributed by atoms with Crippen LogP contribution in [-0.4, -0.2) is 26.1 Å². The highest BCUT2D eigenvalue weighted by Gasteiger charge is 2.32. The van der Waals surface area contributed by atoms with Gasteiger partial charge in [0, 0.05) is 34.8 Å². The van der Waals surface area contributed by atoms with Gasteiger partial charge in [0.1, 0.15) is 28.5 Å². The number of nitrogens with zero attached hydrogens (tertiary/aromatic N) is 1. The van der Waals surface area contributed by atoms with Crippen LogP contribution in [0.2, 0.25) is 0 Å². The molecule has 0 amide bonds. The second-order valence-electron chi connectivity index (χ2n) is 12.7.